The molecule has 0 radical (unpaired) electrons. The highest BCUT2D eigenvalue weighted by atomic mass is 15.3. The molecule has 1 N–H and O–H groups in total. The Hall–Kier alpha value is -0.990. The summed E-state index contributed by atoms with van der Waals surface area (Å²) in [6, 6.07) is 0.533. The Balaban J connectivity index is 2.03. The van der Waals surface area contributed by atoms with Gasteiger partial charge in [-0.3, -0.25) is 4.68 Å². The van der Waals surface area contributed by atoms with E-state index in [1.807, 2.05) is 10.9 Å². The van der Waals surface area contributed by atoms with Crippen LogP contribution in [0.1, 0.15) is 47.5 Å². The molecule has 0 aliphatic heterocycles. The lowest BCUT2D eigenvalue weighted by Crippen LogP contribution is -2.25. The quantitative estimate of drug-likeness (QED) is 0.849. The Labute approximate surface area is 98.2 Å². The van der Waals surface area contributed by atoms with Crippen LogP contribution in [0.2, 0.25) is 0 Å². The molecule has 0 spiro atoms. The van der Waals surface area contributed by atoms with Crippen LogP contribution in [0.5, 0.6) is 0 Å². The van der Waals surface area contributed by atoms with Crippen LogP contribution < -0.4 is 5.32 Å². The van der Waals surface area contributed by atoms with E-state index in [0.29, 0.717) is 11.5 Å². The van der Waals surface area contributed by atoms with Gasteiger partial charge in [0.05, 0.1) is 17.4 Å². The summed E-state index contributed by atoms with van der Waals surface area (Å²) in [5.74, 6) is 0. The maximum Gasteiger partial charge on any atom is 0.0728 e. The normalized spacial score (nSPS) is 20.6. The van der Waals surface area contributed by atoms with Crippen molar-refractivity contribution < 1.29 is 0 Å². The van der Waals surface area contributed by atoms with E-state index < -0.39 is 0 Å². The van der Waals surface area contributed by atoms with Crippen LogP contribution in [-0.4, -0.2) is 15.8 Å². The van der Waals surface area contributed by atoms with Crippen molar-refractivity contribution in [3.8, 4) is 0 Å². The third kappa shape index (κ3) is 2.23. The van der Waals surface area contributed by atoms with Crippen molar-refractivity contribution in [3.05, 3.63) is 12.4 Å². The zero-order valence-electron chi connectivity index (χ0n) is 11.0. The van der Waals surface area contributed by atoms with E-state index in [2.05, 4.69) is 51.2 Å². The van der Waals surface area contributed by atoms with Gasteiger partial charge in [0.25, 0.3) is 0 Å². The zero-order valence-corrected chi connectivity index (χ0v) is 11.0. The topological polar surface area (TPSA) is 29.9 Å². The van der Waals surface area contributed by atoms with Crippen molar-refractivity contribution in [1.82, 2.24) is 9.78 Å². The molecule has 1 fully saturated rings. The van der Waals surface area contributed by atoms with Gasteiger partial charge < -0.3 is 5.32 Å². The highest BCUT2D eigenvalue weighted by molar-refractivity contribution is 5.40. The molecule has 90 valence electrons. The Bertz CT molecular complexity index is 369. The Morgan fingerprint density at radius 2 is 2.06 bits per heavy atom. The minimum atomic E-state index is 0.0622. The molecule has 0 saturated heterocycles. The van der Waals surface area contributed by atoms with Gasteiger partial charge in [0, 0.05) is 12.2 Å². The van der Waals surface area contributed by atoms with Crippen molar-refractivity contribution in [2.45, 2.75) is 59.0 Å². The first kappa shape index (κ1) is 11.5. The van der Waals surface area contributed by atoms with Crippen LogP contribution in [0.25, 0.3) is 0 Å². The fourth-order valence-corrected chi connectivity index (χ4v) is 1.82. The molecule has 1 aliphatic carbocycles. The largest absolute Gasteiger partial charge is 0.380 e. The summed E-state index contributed by atoms with van der Waals surface area (Å²) in [7, 11) is 0. The first-order valence-corrected chi connectivity index (χ1v) is 6.13. The number of nitrogens with zero attached hydrogens (tertiary/aromatic N) is 2. The van der Waals surface area contributed by atoms with E-state index in [1.165, 1.54) is 12.8 Å². The highest BCUT2D eigenvalue weighted by Crippen LogP contribution is 2.48. The third-order valence-electron chi connectivity index (χ3n) is 3.74. The number of hydrogen-bond donors (Lipinski definition) is 1. The Kier molecular flexibility index (Phi) is 2.52. The molecular weight excluding hydrogens is 198 g/mol. The van der Waals surface area contributed by atoms with Gasteiger partial charge in [0.15, 0.2) is 0 Å². The SMILES string of the molecule is CC(Nc1cnn(C(C)(C)C)c1)C1(C)CC1. The molecule has 1 heterocycles. The van der Waals surface area contributed by atoms with Gasteiger partial charge in [-0.25, -0.2) is 0 Å². The van der Waals surface area contributed by atoms with Crippen molar-refractivity contribution in [1.29, 1.82) is 0 Å². The molecule has 0 amide bonds. The second kappa shape index (κ2) is 3.51. The summed E-state index contributed by atoms with van der Waals surface area (Å²) < 4.78 is 2.01. The number of hydrogen-bond acceptors (Lipinski definition) is 2. The van der Waals surface area contributed by atoms with E-state index in [9.17, 15) is 0 Å². The fourth-order valence-electron chi connectivity index (χ4n) is 1.82. The highest BCUT2D eigenvalue weighted by Gasteiger charge is 2.42. The number of nitrogens with one attached hydrogen (secondary N) is 1. The monoisotopic (exact) mass is 221 g/mol. The van der Waals surface area contributed by atoms with Crippen LogP contribution in [0.4, 0.5) is 5.69 Å². The van der Waals surface area contributed by atoms with E-state index in [0.717, 1.165) is 5.69 Å². The predicted octanol–water partition coefficient (Wildman–Crippen LogP) is 3.24. The van der Waals surface area contributed by atoms with Gasteiger partial charge in [-0.05, 0) is 46.0 Å². The molecule has 1 aromatic heterocycles. The molecule has 3 nitrogen and oxygen atoms in total. The summed E-state index contributed by atoms with van der Waals surface area (Å²) in [6.07, 6.45) is 6.71. The maximum absolute atomic E-state index is 4.40. The first-order chi connectivity index (χ1) is 7.31. The summed E-state index contributed by atoms with van der Waals surface area (Å²) in [5, 5.41) is 7.95. The maximum atomic E-state index is 4.40. The fraction of sp³-hybridized carbons (Fsp3) is 0.769. The summed E-state index contributed by atoms with van der Waals surface area (Å²) >= 11 is 0. The lowest BCUT2D eigenvalue weighted by Gasteiger charge is -2.21. The average Bonchev–Trinajstić information content (AvgIpc) is 2.75. The molecule has 16 heavy (non-hydrogen) atoms. The van der Waals surface area contributed by atoms with E-state index in [-0.39, 0.29) is 5.54 Å². The molecule has 1 unspecified atom stereocenters. The van der Waals surface area contributed by atoms with E-state index in [1.54, 1.807) is 0 Å². The van der Waals surface area contributed by atoms with Crippen molar-refractivity contribution in [3.63, 3.8) is 0 Å². The number of anilines is 1. The molecule has 2 rings (SSSR count). The smallest absolute Gasteiger partial charge is 0.0728 e. The third-order valence-corrected chi connectivity index (χ3v) is 3.74. The second-order valence-electron chi connectivity index (χ2n) is 6.36. The van der Waals surface area contributed by atoms with Gasteiger partial charge in [-0.1, -0.05) is 6.92 Å². The van der Waals surface area contributed by atoms with E-state index >= 15 is 0 Å². The number of rotatable bonds is 3. The zero-order chi connectivity index (χ0) is 12.0. The van der Waals surface area contributed by atoms with Crippen LogP contribution in [-0.2, 0) is 5.54 Å². The van der Waals surface area contributed by atoms with Crippen LogP contribution in [0.3, 0.4) is 0 Å². The standard InChI is InChI=1S/C13H23N3/c1-10(13(5)6-7-13)15-11-8-14-16(9-11)12(2,3)4/h8-10,15H,6-7H2,1-5H3. The Morgan fingerprint density at radius 3 is 2.50 bits per heavy atom. The van der Waals surface area contributed by atoms with Gasteiger partial charge >= 0.3 is 0 Å². The molecule has 1 aromatic rings. The molecule has 0 bridgehead atoms. The predicted molar refractivity (Wildman–Crippen MR) is 67.6 cm³/mol. The Morgan fingerprint density at radius 1 is 1.44 bits per heavy atom. The molecule has 1 saturated carbocycles. The van der Waals surface area contributed by atoms with Gasteiger partial charge in [0.2, 0.25) is 0 Å². The van der Waals surface area contributed by atoms with Crippen molar-refractivity contribution >= 4 is 5.69 Å². The molecule has 0 aromatic carbocycles. The first-order valence-electron chi connectivity index (χ1n) is 6.13. The van der Waals surface area contributed by atoms with Crippen LogP contribution in [0, 0.1) is 5.41 Å². The summed E-state index contributed by atoms with van der Waals surface area (Å²) in [6.45, 7) is 11.1. The van der Waals surface area contributed by atoms with Crippen LogP contribution >= 0.6 is 0 Å². The molecular formula is C13H23N3. The van der Waals surface area contributed by atoms with Crippen molar-refractivity contribution in [2.24, 2.45) is 5.41 Å². The van der Waals surface area contributed by atoms with Gasteiger partial charge in [-0.15, -0.1) is 0 Å². The molecule has 1 atom stereocenters. The minimum absolute atomic E-state index is 0.0622. The van der Waals surface area contributed by atoms with Gasteiger partial charge in [-0.2, -0.15) is 5.10 Å². The summed E-state index contributed by atoms with van der Waals surface area (Å²) in [5.41, 5.74) is 1.70. The number of aromatic nitrogens is 2. The lowest BCUT2D eigenvalue weighted by molar-refractivity contribution is 0.355. The van der Waals surface area contributed by atoms with Gasteiger partial charge in [0.1, 0.15) is 0 Å². The van der Waals surface area contributed by atoms with E-state index in [4.69, 9.17) is 0 Å². The average molecular weight is 221 g/mol. The second-order valence-corrected chi connectivity index (χ2v) is 6.36. The summed E-state index contributed by atoms with van der Waals surface area (Å²) in [4.78, 5) is 0. The molecule has 3 heteroatoms. The van der Waals surface area contributed by atoms with Crippen molar-refractivity contribution in [2.75, 3.05) is 5.32 Å². The molecule has 1 aliphatic rings. The lowest BCUT2D eigenvalue weighted by atomic mass is 10.0. The minimum Gasteiger partial charge on any atom is -0.380 e. The van der Waals surface area contributed by atoms with Crippen LogP contribution in [0.15, 0.2) is 12.4 Å².